The highest BCUT2D eigenvalue weighted by Crippen LogP contribution is 2.15. The molecule has 0 atom stereocenters. The van der Waals surface area contributed by atoms with Gasteiger partial charge in [0.05, 0.1) is 0 Å². The van der Waals surface area contributed by atoms with Gasteiger partial charge in [0, 0.05) is 0 Å². The van der Waals surface area contributed by atoms with Crippen LogP contribution in [-0.2, 0) is 0 Å². The Morgan fingerprint density at radius 3 is 1.25 bits per heavy atom. The van der Waals surface area contributed by atoms with Crippen LogP contribution in [0.5, 0.6) is 0 Å². The molecule has 0 heteroatoms. The van der Waals surface area contributed by atoms with Crippen LogP contribution in [0.4, 0.5) is 0 Å². The summed E-state index contributed by atoms with van der Waals surface area (Å²) in [6, 6.07) is 0. The smallest absolute Gasteiger partial charge is 0.0471 e. The van der Waals surface area contributed by atoms with Crippen LogP contribution in [0.25, 0.3) is 0 Å². The number of hydrogen-bond acceptors (Lipinski definition) is 0. The van der Waals surface area contributed by atoms with Gasteiger partial charge in [-0.05, 0) is 5.92 Å². The Hall–Kier alpha value is 0. The van der Waals surface area contributed by atoms with Crippen molar-refractivity contribution in [2.75, 3.05) is 0 Å². The fourth-order valence-corrected chi connectivity index (χ4v) is 0.827. The van der Waals surface area contributed by atoms with Crippen molar-refractivity contribution in [3.63, 3.8) is 0 Å². The fraction of sp³-hybridized carbons (Fsp3) is 1.00. The molecule has 1 aliphatic rings. The van der Waals surface area contributed by atoms with Gasteiger partial charge in [0.2, 0.25) is 0 Å². The molecule has 0 bridgehead atoms. The standard InChI is InChI=1S/C6H14.C4H8.C2H6/c1-4-5-6(2)3;1-2-4-3-1;1-2/h6H,4-5H2,1-3H3;1-4H2;1-2H3. The van der Waals surface area contributed by atoms with Gasteiger partial charge in [0.25, 0.3) is 0 Å². The van der Waals surface area contributed by atoms with Gasteiger partial charge < -0.3 is 0 Å². The predicted octanol–water partition coefficient (Wildman–Crippen LogP) is 5.03. The first-order valence-corrected chi connectivity index (χ1v) is 5.77. The van der Waals surface area contributed by atoms with E-state index in [1.807, 2.05) is 13.8 Å². The van der Waals surface area contributed by atoms with Crippen LogP contribution < -0.4 is 0 Å². The molecule has 0 heterocycles. The average molecular weight is 172 g/mol. The minimum atomic E-state index is 0.898. The van der Waals surface area contributed by atoms with Crippen LogP contribution in [0.15, 0.2) is 0 Å². The van der Waals surface area contributed by atoms with Gasteiger partial charge in [0.1, 0.15) is 0 Å². The molecule has 0 amide bonds. The first-order valence-electron chi connectivity index (χ1n) is 5.77. The first-order chi connectivity index (χ1) is 5.77. The molecular formula is C12H28. The average Bonchev–Trinajstić information content (AvgIpc) is 1.87. The zero-order chi connectivity index (χ0) is 9.82. The van der Waals surface area contributed by atoms with Crippen molar-refractivity contribution in [1.29, 1.82) is 0 Å². The monoisotopic (exact) mass is 172 g/mol. The summed E-state index contributed by atoms with van der Waals surface area (Å²) in [5, 5.41) is 0. The summed E-state index contributed by atoms with van der Waals surface area (Å²) < 4.78 is 0. The van der Waals surface area contributed by atoms with Crippen molar-refractivity contribution < 1.29 is 0 Å². The molecule has 1 fully saturated rings. The van der Waals surface area contributed by atoms with Crippen LogP contribution in [0.2, 0.25) is 0 Å². The van der Waals surface area contributed by atoms with E-state index in [2.05, 4.69) is 20.8 Å². The van der Waals surface area contributed by atoms with E-state index in [4.69, 9.17) is 0 Å². The summed E-state index contributed by atoms with van der Waals surface area (Å²) in [7, 11) is 0. The Morgan fingerprint density at radius 2 is 1.25 bits per heavy atom. The zero-order valence-electron chi connectivity index (χ0n) is 9.82. The molecule has 0 aromatic carbocycles. The molecule has 0 radical (unpaired) electrons. The molecule has 0 spiro atoms. The van der Waals surface area contributed by atoms with Crippen LogP contribution in [-0.4, -0.2) is 0 Å². The quantitative estimate of drug-likeness (QED) is 0.548. The van der Waals surface area contributed by atoms with E-state index in [0.29, 0.717) is 0 Å². The van der Waals surface area contributed by atoms with Crippen LogP contribution >= 0.6 is 0 Å². The minimum Gasteiger partial charge on any atom is -0.0683 e. The van der Waals surface area contributed by atoms with Gasteiger partial charge in [0.15, 0.2) is 0 Å². The fourth-order valence-electron chi connectivity index (χ4n) is 0.827. The molecule has 76 valence electrons. The van der Waals surface area contributed by atoms with Gasteiger partial charge in [-0.2, -0.15) is 0 Å². The molecule has 0 unspecified atom stereocenters. The van der Waals surface area contributed by atoms with Crippen molar-refractivity contribution in [1.82, 2.24) is 0 Å². The molecule has 1 rings (SSSR count). The second-order valence-corrected chi connectivity index (χ2v) is 3.60. The molecule has 0 aromatic rings. The minimum absolute atomic E-state index is 0.898. The maximum absolute atomic E-state index is 2.25. The van der Waals surface area contributed by atoms with E-state index in [1.54, 1.807) is 0 Å². The van der Waals surface area contributed by atoms with Gasteiger partial charge in [-0.25, -0.2) is 0 Å². The highest BCUT2D eigenvalue weighted by molar-refractivity contribution is 4.50. The third-order valence-corrected chi connectivity index (χ3v) is 1.87. The number of rotatable bonds is 2. The van der Waals surface area contributed by atoms with E-state index >= 15 is 0 Å². The van der Waals surface area contributed by atoms with Crippen LogP contribution in [0.3, 0.4) is 0 Å². The predicted molar refractivity (Wildman–Crippen MR) is 59.6 cm³/mol. The molecular weight excluding hydrogens is 144 g/mol. The summed E-state index contributed by atoms with van der Waals surface area (Å²) in [4.78, 5) is 0. The Kier molecular flexibility index (Phi) is 16.4. The van der Waals surface area contributed by atoms with Crippen LogP contribution in [0.1, 0.15) is 73.1 Å². The van der Waals surface area contributed by atoms with Crippen molar-refractivity contribution in [2.45, 2.75) is 73.1 Å². The molecule has 0 N–H and O–H groups in total. The second kappa shape index (κ2) is 13.6. The largest absolute Gasteiger partial charge is 0.0683 e. The molecule has 0 saturated heterocycles. The van der Waals surface area contributed by atoms with Crippen LogP contribution in [0, 0.1) is 5.92 Å². The highest BCUT2D eigenvalue weighted by atomic mass is 14.0. The normalized spacial score (nSPS) is 13.5. The van der Waals surface area contributed by atoms with Gasteiger partial charge >= 0.3 is 0 Å². The lowest BCUT2D eigenvalue weighted by molar-refractivity contribution is 0.504. The Labute approximate surface area is 79.8 Å². The Balaban J connectivity index is 0. The van der Waals surface area contributed by atoms with Crippen molar-refractivity contribution >= 4 is 0 Å². The molecule has 0 aliphatic heterocycles. The maximum Gasteiger partial charge on any atom is -0.0471 e. The first kappa shape index (κ1) is 14.5. The van der Waals surface area contributed by atoms with Crippen molar-refractivity contribution in [3.8, 4) is 0 Å². The molecule has 1 saturated carbocycles. The van der Waals surface area contributed by atoms with Crippen molar-refractivity contribution in [2.24, 2.45) is 5.92 Å². The van der Waals surface area contributed by atoms with E-state index in [1.165, 1.54) is 38.5 Å². The summed E-state index contributed by atoms with van der Waals surface area (Å²) >= 11 is 0. The van der Waals surface area contributed by atoms with Gasteiger partial charge in [-0.1, -0.05) is 73.1 Å². The highest BCUT2D eigenvalue weighted by Gasteiger charge is 1.95. The van der Waals surface area contributed by atoms with E-state index < -0.39 is 0 Å². The van der Waals surface area contributed by atoms with E-state index in [-0.39, 0.29) is 0 Å². The number of hydrogen-bond donors (Lipinski definition) is 0. The molecule has 1 aliphatic carbocycles. The third kappa shape index (κ3) is 16.5. The lowest BCUT2D eigenvalue weighted by atomic mass is 10.0. The van der Waals surface area contributed by atoms with E-state index in [0.717, 1.165) is 5.92 Å². The van der Waals surface area contributed by atoms with Crippen molar-refractivity contribution in [3.05, 3.63) is 0 Å². The molecule has 0 aromatic heterocycles. The summed E-state index contributed by atoms with van der Waals surface area (Å²) in [5.41, 5.74) is 0. The Bertz CT molecular complexity index is 47.1. The lowest BCUT2D eigenvalue weighted by Crippen LogP contribution is -1.85. The third-order valence-electron chi connectivity index (χ3n) is 1.87. The van der Waals surface area contributed by atoms with Gasteiger partial charge in [-0.15, -0.1) is 0 Å². The molecule has 0 nitrogen and oxygen atoms in total. The lowest BCUT2D eigenvalue weighted by Gasteiger charge is -2.05. The Morgan fingerprint density at radius 1 is 0.917 bits per heavy atom. The topological polar surface area (TPSA) is 0 Å². The second-order valence-electron chi connectivity index (χ2n) is 3.60. The zero-order valence-corrected chi connectivity index (χ0v) is 9.82. The molecule has 12 heavy (non-hydrogen) atoms. The summed E-state index contributed by atoms with van der Waals surface area (Å²) in [6.07, 6.45) is 8.71. The maximum atomic E-state index is 2.25. The van der Waals surface area contributed by atoms with E-state index in [9.17, 15) is 0 Å². The SMILES string of the molecule is C1CCC1.CC.CCCC(C)C. The summed E-state index contributed by atoms with van der Waals surface area (Å²) in [6.45, 7) is 10.7. The van der Waals surface area contributed by atoms with Gasteiger partial charge in [-0.3, -0.25) is 0 Å². The summed E-state index contributed by atoms with van der Waals surface area (Å²) in [5.74, 6) is 0.898.